The third-order valence-corrected chi connectivity index (χ3v) is 2.52. The fourth-order valence-electron chi connectivity index (χ4n) is 1.64. The van der Waals surface area contributed by atoms with Gasteiger partial charge >= 0.3 is 11.9 Å². The number of carbonyl (C=O) groups excluding carboxylic acids is 1. The topological polar surface area (TPSA) is 63.6 Å². The van der Waals surface area contributed by atoms with Crippen LogP contribution in [0.3, 0.4) is 0 Å². The summed E-state index contributed by atoms with van der Waals surface area (Å²) in [4.78, 5) is 21.8. The van der Waals surface area contributed by atoms with Crippen molar-refractivity contribution in [2.45, 2.75) is 45.1 Å². The first-order valence-electron chi connectivity index (χ1n) is 5.08. The smallest absolute Gasteiger partial charge is 0.320 e. The summed E-state index contributed by atoms with van der Waals surface area (Å²) in [5, 5.41) is 8.67. The zero-order valence-corrected chi connectivity index (χ0v) is 8.36. The Kier molecular flexibility index (Phi) is 3.92. The Balaban J connectivity index is 2.39. The molecule has 1 rings (SSSR count). The van der Waals surface area contributed by atoms with Crippen molar-refractivity contribution in [1.82, 2.24) is 0 Å². The van der Waals surface area contributed by atoms with Crippen molar-refractivity contribution in [1.29, 1.82) is 0 Å². The number of rotatable bonds is 4. The molecule has 1 N–H and O–H groups in total. The highest BCUT2D eigenvalue weighted by Crippen LogP contribution is 2.23. The Morgan fingerprint density at radius 3 is 2.79 bits per heavy atom. The summed E-state index contributed by atoms with van der Waals surface area (Å²) in [7, 11) is 0. The molecule has 14 heavy (non-hydrogen) atoms. The zero-order valence-electron chi connectivity index (χ0n) is 8.36. The minimum absolute atomic E-state index is 0.0574. The van der Waals surface area contributed by atoms with Gasteiger partial charge in [-0.25, -0.2) is 0 Å². The standard InChI is InChI=1S/C10H16O4/c1-2-3-4-7-5-6-8(9(11)12)10(13)14-7/h7-8H,2-6H2,1H3,(H,11,12). The lowest BCUT2D eigenvalue weighted by Crippen LogP contribution is -2.35. The van der Waals surface area contributed by atoms with Gasteiger partial charge in [0.2, 0.25) is 0 Å². The average molecular weight is 200 g/mol. The number of ether oxygens (including phenoxy) is 1. The number of esters is 1. The Bertz CT molecular complexity index is 224. The normalized spacial score (nSPS) is 27.1. The fraction of sp³-hybridized carbons (Fsp3) is 0.800. The number of carboxylic acid groups (broad SMARTS) is 1. The Labute approximate surface area is 83.2 Å². The largest absolute Gasteiger partial charge is 0.481 e. The number of aliphatic carboxylic acids is 1. The molecule has 1 heterocycles. The van der Waals surface area contributed by atoms with Crippen molar-refractivity contribution in [2.24, 2.45) is 5.92 Å². The van der Waals surface area contributed by atoms with Gasteiger partial charge in [-0.15, -0.1) is 0 Å². The maximum atomic E-state index is 11.2. The molecule has 2 atom stereocenters. The molecule has 0 amide bonds. The van der Waals surface area contributed by atoms with E-state index in [0.717, 1.165) is 19.3 Å². The first kappa shape index (κ1) is 11.0. The summed E-state index contributed by atoms with van der Waals surface area (Å²) in [5.74, 6) is -2.57. The second kappa shape index (κ2) is 4.98. The van der Waals surface area contributed by atoms with Crippen LogP contribution < -0.4 is 0 Å². The quantitative estimate of drug-likeness (QED) is 0.552. The molecule has 0 bridgehead atoms. The van der Waals surface area contributed by atoms with Gasteiger partial charge < -0.3 is 9.84 Å². The van der Waals surface area contributed by atoms with Crippen LogP contribution in [0.2, 0.25) is 0 Å². The molecule has 1 aliphatic rings. The third-order valence-electron chi connectivity index (χ3n) is 2.52. The van der Waals surface area contributed by atoms with E-state index in [9.17, 15) is 9.59 Å². The minimum atomic E-state index is -1.07. The molecule has 80 valence electrons. The monoisotopic (exact) mass is 200 g/mol. The van der Waals surface area contributed by atoms with Crippen LogP contribution in [-0.4, -0.2) is 23.1 Å². The van der Waals surface area contributed by atoms with E-state index in [4.69, 9.17) is 9.84 Å². The van der Waals surface area contributed by atoms with Crippen molar-refractivity contribution in [2.75, 3.05) is 0 Å². The molecule has 4 nitrogen and oxygen atoms in total. The van der Waals surface area contributed by atoms with E-state index < -0.39 is 17.9 Å². The maximum Gasteiger partial charge on any atom is 0.320 e. The van der Waals surface area contributed by atoms with Crippen molar-refractivity contribution < 1.29 is 19.4 Å². The van der Waals surface area contributed by atoms with Gasteiger partial charge in [0.1, 0.15) is 6.10 Å². The molecule has 0 aromatic rings. The second-order valence-electron chi connectivity index (χ2n) is 3.67. The van der Waals surface area contributed by atoms with Crippen LogP contribution in [-0.2, 0) is 14.3 Å². The summed E-state index contributed by atoms with van der Waals surface area (Å²) in [6.07, 6.45) is 3.99. The van der Waals surface area contributed by atoms with Crippen LogP contribution >= 0.6 is 0 Å². The number of hydrogen-bond acceptors (Lipinski definition) is 3. The maximum absolute atomic E-state index is 11.2. The molecule has 1 saturated heterocycles. The van der Waals surface area contributed by atoms with Crippen molar-refractivity contribution in [3.05, 3.63) is 0 Å². The van der Waals surface area contributed by atoms with Crippen LogP contribution in [0.4, 0.5) is 0 Å². The molecule has 0 radical (unpaired) electrons. The van der Waals surface area contributed by atoms with E-state index in [1.807, 2.05) is 0 Å². The lowest BCUT2D eigenvalue weighted by molar-refractivity contribution is -0.168. The van der Waals surface area contributed by atoms with E-state index in [2.05, 4.69) is 6.92 Å². The summed E-state index contributed by atoms with van der Waals surface area (Å²) >= 11 is 0. The number of carbonyl (C=O) groups is 2. The van der Waals surface area contributed by atoms with Crippen LogP contribution in [0.5, 0.6) is 0 Å². The van der Waals surface area contributed by atoms with E-state index in [1.54, 1.807) is 0 Å². The third kappa shape index (κ3) is 2.72. The van der Waals surface area contributed by atoms with E-state index >= 15 is 0 Å². The van der Waals surface area contributed by atoms with Gasteiger partial charge in [-0.05, 0) is 19.3 Å². The van der Waals surface area contributed by atoms with E-state index in [0.29, 0.717) is 12.8 Å². The summed E-state index contributed by atoms with van der Waals surface area (Å²) in [6, 6.07) is 0. The van der Waals surface area contributed by atoms with Gasteiger partial charge in [0.15, 0.2) is 5.92 Å². The van der Waals surface area contributed by atoms with Crippen molar-refractivity contribution >= 4 is 11.9 Å². The molecule has 0 aromatic heterocycles. The van der Waals surface area contributed by atoms with Crippen LogP contribution in [0, 0.1) is 5.92 Å². The van der Waals surface area contributed by atoms with Gasteiger partial charge in [-0.2, -0.15) is 0 Å². The molecule has 2 unspecified atom stereocenters. The second-order valence-corrected chi connectivity index (χ2v) is 3.67. The van der Waals surface area contributed by atoms with Gasteiger partial charge in [-0.3, -0.25) is 9.59 Å². The lowest BCUT2D eigenvalue weighted by Gasteiger charge is -2.25. The first-order chi connectivity index (χ1) is 6.65. The van der Waals surface area contributed by atoms with Crippen molar-refractivity contribution in [3.8, 4) is 0 Å². The van der Waals surface area contributed by atoms with Crippen molar-refractivity contribution in [3.63, 3.8) is 0 Å². The minimum Gasteiger partial charge on any atom is -0.481 e. The van der Waals surface area contributed by atoms with Crippen LogP contribution in [0.15, 0.2) is 0 Å². The highest BCUT2D eigenvalue weighted by Gasteiger charge is 2.34. The van der Waals surface area contributed by atoms with Crippen LogP contribution in [0.1, 0.15) is 39.0 Å². The summed E-state index contributed by atoms with van der Waals surface area (Å²) < 4.78 is 5.04. The number of unbranched alkanes of at least 4 members (excludes halogenated alkanes) is 1. The molecule has 0 aromatic carbocycles. The highest BCUT2D eigenvalue weighted by atomic mass is 16.5. The number of hydrogen-bond donors (Lipinski definition) is 1. The Morgan fingerprint density at radius 2 is 2.29 bits per heavy atom. The highest BCUT2D eigenvalue weighted by molar-refractivity contribution is 5.94. The molecule has 1 fully saturated rings. The summed E-state index contributed by atoms with van der Waals surface area (Å²) in [6.45, 7) is 2.07. The summed E-state index contributed by atoms with van der Waals surface area (Å²) in [5.41, 5.74) is 0. The molecule has 0 spiro atoms. The lowest BCUT2D eigenvalue weighted by atomic mass is 9.95. The predicted octanol–water partition coefficient (Wildman–Crippen LogP) is 1.58. The molecule has 0 saturated carbocycles. The average Bonchev–Trinajstić information content (AvgIpc) is 2.14. The van der Waals surface area contributed by atoms with Gasteiger partial charge in [0.25, 0.3) is 0 Å². The molecule has 1 aliphatic heterocycles. The van der Waals surface area contributed by atoms with E-state index in [-0.39, 0.29) is 6.10 Å². The SMILES string of the molecule is CCCCC1CCC(C(=O)O)C(=O)O1. The zero-order chi connectivity index (χ0) is 10.6. The van der Waals surface area contributed by atoms with Gasteiger partial charge in [0, 0.05) is 0 Å². The van der Waals surface area contributed by atoms with E-state index in [1.165, 1.54) is 0 Å². The number of carboxylic acids is 1. The van der Waals surface area contributed by atoms with Gasteiger partial charge in [-0.1, -0.05) is 19.8 Å². The van der Waals surface area contributed by atoms with Crippen LogP contribution in [0.25, 0.3) is 0 Å². The fourth-order valence-corrected chi connectivity index (χ4v) is 1.64. The number of cyclic esters (lactones) is 1. The first-order valence-corrected chi connectivity index (χ1v) is 5.08. The van der Waals surface area contributed by atoms with Gasteiger partial charge in [0.05, 0.1) is 0 Å². The Hall–Kier alpha value is -1.06. The molecular weight excluding hydrogens is 184 g/mol. The predicted molar refractivity (Wildman–Crippen MR) is 49.8 cm³/mol. The molecule has 4 heteroatoms. The molecule has 0 aliphatic carbocycles. The Morgan fingerprint density at radius 1 is 1.57 bits per heavy atom. The molecular formula is C10H16O4.